The molecule has 0 aromatic heterocycles. The highest BCUT2D eigenvalue weighted by Gasteiger charge is 2.41. The van der Waals surface area contributed by atoms with Crippen LogP contribution in [-0.2, 0) is 0 Å². The topological polar surface area (TPSA) is 93.5 Å². The third-order valence-electron chi connectivity index (χ3n) is 5.82. The van der Waals surface area contributed by atoms with Gasteiger partial charge in [-0.15, -0.1) is 0 Å². The van der Waals surface area contributed by atoms with Crippen LogP contribution in [0.3, 0.4) is 0 Å². The number of hydrazone groups is 1. The second-order valence-electron chi connectivity index (χ2n) is 7.67. The Balaban J connectivity index is 1.87. The fraction of sp³-hybridized carbons (Fsp3) is 0.381. The Kier molecular flexibility index (Phi) is 6.15. The predicted molar refractivity (Wildman–Crippen MR) is 117 cm³/mol. The molecule has 0 spiro atoms. The molecule has 0 heterocycles. The number of anilines is 1. The van der Waals surface area contributed by atoms with Crippen molar-refractivity contribution in [1.82, 2.24) is 0 Å². The Morgan fingerprint density at radius 2 is 1.89 bits per heavy atom. The molecule has 0 saturated heterocycles. The second kappa shape index (κ2) is 8.41. The Morgan fingerprint density at radius 3 is 2.50 bits per heavy atom. The molecule has 28 heavy (non-hydrogen) atoms. The molecule has 2 aromatic rings. The van der Waals surface area contributed by atoms with Crippen LogP contribution in [0, 0.1) is 15.5 Å². The minimum atomic E-state index is -0.373. The zero-order chi connectivity index (χ0) is 20.3. The van der Waals surface area contributed by atoms with E-state index in [-0.39, 0.29) is 28.0 Å². The van der Waals surface area contributed by atoms with Gasteiger partial charge in [-0.2, -0.15) is 5.10 Å². The van der Waals surface area contributed by atoms with Crippen LogP contribution in [0.1, 0.15) is 44.6 Å². The van der Waals surface area contributed by atoms with Crippen LogP contribution >= 0.6 is 15.9 Å². The SMILES string of the molecule is C[C@H](c1ccc([N+](=O)[O-])cc1)[C@@]1(C)C[C@H](N)CC/C1=N\Nc1ccc(Br)cc1. The molecule has 6 nitrogen and oxygen atoms in total. The van der Waals surface area contributed by atoms with Crippen LogP contribution in [-0.4, -0.2) is 16.7 Å². The highest BCUT2D eigenvalue weighted by molar-refractivity contribution is 9.10. The summed E-state index contributed by atoms with van der Waals surface area (Å²) in [4.78, 5) is 10.6. The molecule has 1 aliphatic rings. The van der Waals surface area contributed by atoms with Gasteiger partial charge in [-0.05, 0) is 55.0 Å². The van der Waals surface area contributed by atoms with Crippen molar-refractivity contribution in [1.29, 1.82) is 0 Å². The van der Waals surface area contributed by atoms with Crippen molar-refractivity contribution < 1.29 is 4.92 Å². The Morgan fingerprint density at radius 1 is 1.25 bits per heavy atom. The third-order valence-corrected chi connectivity index (χ3v) is 6.35. The van der Waals surface area contributed by atoms with Crippen LogP contribution in [0.2, 0.25) is 0 Å². The summed E-state index contributed by atoms with van der Waals surface area (Å²) in [6.07, 6.45) is 2.56. The van der Waals surface area contributed by atoms with E-state index in [9.17, 15) is 10.1 Å². The van der Waals surface area contributed by atoms with Crippen LogP contribution in [0.15, 0.2) is 58.1 Å². The van der Waals surface area contributed by atoms with Gasteiger partial charge in [0.1, 0.15) is 0 Å². The van der Waals surface area contributed by atoms with Crippen molar-refractivity contribution in [2.45, 2.75) is 45.1 Å². The summed E-state index contributed by atoms with van der Waals surface area (Å²) in [5.74, 6) is 0.130. The van der Waals surface area contributed by atoms with Gasteiger partial charge < -0.3 is 5.73 Å². The number of benzene rings is 2. The highest BCUT2D eigenvalue weighted by atomic mass is 79.9. The number of nitrogens with one attached hydrogen (secondary N) is 1. The first-order chi connectivity index (χ1) is 13.3. The van der Waals surface area contributed by atoms with E-state index in [2.05, 4.69) is 35.2 Å². The minimum absolute atomic E-state index is 0.104. The molecule has 1 aliphatic carbocycles. The second-order valence-corrected chi connectivity index (χ2v) is 8.58. The number of nitro groups is 1. The molecule has 1 saturated carbocycles. The van der Waals surface area contributed by atoms with Crippen LogP contribution in [0.4, 0.5) is 11.4 Å². The Hall–Kier alpha value is -2.25. The normalized spacial score (nSPS) is 24.7. The summed E-state index contributed by atoms with van der Waals surface area (Å²) in [6, 6.07) is 14.8. The van der Waals surface area contributed by atoms with Crippen LogP contribution in [0.5, 0.6) is 0 Å². The first-order valence-corrected chi connectivity index (χ1v) is 10.2. The van der Waals surface area contributed by atoms with Gasteiger partial charge in [0.05, 0.1) is 10.6 Å². The van der Waals surface area contributed by atoms with Gasteiger partial charge in [-0.3, -0.25) is 15.5 Å². The summed E-state index contributed by atoms with van der Waals surface area (Å²) in [5, 5.41) is 15.7. The molecule has 0 radical (unpaired) electrons. The smallest absolute Gasteiger partial charge is 0.269 e. The number of non-ortho nitro benzene ring substituents is 1. The number of rotatable bonds is 5. The van der Waals surface area contributed by atoms with Crippen molar-refractivity contribution in [3.05, 3.63) is 68.7 Å². The zero-order valence-corrected chi connectivity index (χ0v) is 17.6. The van der Waals surface area contributed by atoms with Crippen LogP contribution in [0.25, 0.3) is 0 Å². The van der Waals surface area contributed by atoms with E-state index in [1.54, 1.807) is 12.1 Å². The van der Waals surface area contributed by atoms with E-state index in [1.807, 2.05) is 36.4 Å². The van der Waals surface area contributed by atoms with E-state index < -0.39 is 0 Å². The van der Waals surface area contributed by atoms with Crippen molar-refractivity contribution in [3.63, 3.8) is 0 Å². The van der Waals surface area contributed by atoms with Crippen molar-refractivity contribution >= 4 is 33.0 Å². The summed E-state index contributed by atoms with van der Waals surface area (Å²) in [6.45, 7) is 4.34. The molecule has 0 amide bonds. The lowest BCUT2D eigenvalue weighted by molar-refractivity contribution is -0.384. The zero-order valence-electron chi connectivity index (χ0n) is 16.1. The van der Waals surface area contributed by atoms with Crippen molar-refractivity contribution in [2.75, 3.05) is 5.43 Å². The lowest BCUT2D eigenvalue weighted by atomic mass is 9.63. The maximum atomic E-state index is 10.9. The summed E-state index contributed by atoms with van der Waals surface area (Å²) in [5.41, 5.74) is 12.4. The first kappa shape index (κ1) is 20.5. The Labute approximate surface area is 173 Å². The van der Waals surface area contributed by atoms with Gasteiger partial charge >= 0.3 is 0 Å². The standard InChI is InChI=1S/C21H25BrN4O2/c1-14(15-3-10-19(11-4-15)26(27)28)21(2)13-17(23)7-12-20(21)25-24-18-8-5-16(22)6-9-18/h3-6,8-11,14,17,24H,7,12-13,23H2,1-2H3/b25-20+/t14-,17-,21-/m1/s1. The Bertz CT molecular complexity index is 867. The lowest BCUT2D eigenvalue weighted by Crippen LogP contribution is -2.44. The number of hydrogen-bond donors (Lipinski definition) is 2. The molecule has 3 N–H and O–H groups in total. The average molecular weight is 445 g/mol. The van der Waals surface area contributed by atoms with E-state index in [1.165, 1.54) is 0 Å². The number of nitro benzene ring substituents is 1. The van der Waals surface area contributed by atoms with Gasteiger partial charge in [0, 0.05) is 33.8 Å². The first-order valence-electron chi connectivity index (χ1n) is 9.38. The van der Waals surface area contributed by atoms with E-state index >= 15 is 0 Å². The fourth-order valence-corrected chi connectivity index (χ4v) is 4.16. The average Bonchev–Trinajstić information content (AvgIpc) is 2.68. The van der Waals surface area contributed by atoms with Gasteiger partial charge in [0.2, 0.25) is 0 Å². The van der Waals surface area contributed by atoms with Gasteiger partial charge in [0.25, 0.3) is 5.69 Å². The molecule has 148 valence electrons. The molecule has 3 rings (SSSR count). The van der Waals surface area contributed by atoms with E-state index in [0.29, 0.717) is 0 Å². The predicted octanol–water partition coefficient (Wildman–Crippen LogP) is 5.45. The molecule has 1 fully saturated rings. The van der Waals surface area contributed by atoms with E-state index in [0.717, 1.165) is 40.7 Å². The summed E-state index contributed by atoms with van der Waals surface area (Å²) in [7, 11) is 0. The molecule has 3 atom stereocenters. The number of halogens is 1. The maximum Gasteiger partial charge on any atom is 0.269 e. The molecule has 7 heteroatoms. The highest BCUT2D eigenvalue weighted by Crippen LogP contribution is 2.45. The summed E-state index contributed by atoms with van der Waals surface area (Å²) < 4.78 is 1.02. The van der Waals surface area contributed by atoms with E-state index in [4.69, 9.17) is 10.8 Å². The molecule has 0 aliphatic heterocycles. The molecular weight excluding hydrogens is 420 g/mol. The van der Waals surface area contributed by atoms with Crippen LogP contribution < -0.4 is 11.2 Å². The van der Waals surface area contributed by atoms with Gasteiger partial charge in [-0.25, -0.2) is 0 Å². The van der Waals surface area contributed by atoms with Gasteiger partial charge in [-0.1, -0.05) is 41.9 Å². The molecule has 2 aromatic carbocycles. The van der Waals surface area contributed by atoms with Crippen molar-refractivity contribution in [2.24, 2.45) is 16.3 Å². The van der Waals surface area contributed by atoms with Crippen molar-refractivity contribution in [3.8, 4) is 0 Å². The molecular formula is C21H25BrN4O2. The largest absolute Gasteiger partial charge is 0.328 e. The molecule has 0 unspecified atom stereocenters. The van der Waals surface area contributed by atoms with Gasteiger partial charge in [0.15, 0.2) is 0 Å². The maximum absolute atomic E-state index is 10.9. The lowest BCUT2D eigenvalue weighted by Gasteiger charge is -2.42. The molecule has 0 bridgehead atoms. The monoisotopic (exact) mass is 444 g/mol. The number of hydrogen-bond acceptors (Lipinski definition) is 5. The summed E-state index contributed by atoms with van der Waals surface area (Å²) >= 11 is 3.44. The fourth-order valence-electron chi connectivity index (χ4n) is 3.89. The number of nitrogens with zero attached hydrogens (tertiary/aromatic N) is 2. The quantitative estimate of drug-likeness (QED) is 0.473. The number of nitrogens with two attached hydrogens (primary N) is 1. The minimum Gasteiger partial charge on any atom is -0.328 e. The third kappa shape index (κ3) is 4.42.